The first-order valence-corrected chi connectivity index (χ1v) is 10.0. The van der Waals surface area contributed by atoms with Gasteiger partial charge in [0, 0.05) is 17.7 Å². The predicted molar refractivity (Wildman–Crippen MR) is 112 cm³/mol. The highest BCUT2D eigenvalue weighted by molar-refractivity contribution is 5.95. The van der Waals surface area contributed by atoms with E-state index in [-0.39, 0.29) is 23.2 Å². The molecule has 0 radical (unpaired) electrons. The number of phenolic OH excluding ortho intramolecular Hbond substituents is 1. The standard InChI is InChI=1S/C23H28N2O4/c1-6-28-16-9-7-15(8-10-16)25-21(27)24-18-13-23(25,5)29-20-17(18)11-14(12-19(20)26)22(2,3)4/h7-12,18,26H,6,13H2,1-5H3,(H,24,27). The zero-order valence-electron chi connectivity index (χ0n) is 17.6. The Morgan fingerprint density at radius 2 is 1.97 bits per heavy atom. The maximum absolute atomic E-state index is 13.0. The molecule has 0 aromatic heterocycles. The topological polar surface area (TPSA) is 71.0 Å². The summed E-state index contributed by atoms with van der Waals surface area (Å²) in [6.45, 7) is 10.7. The molecule has 6 nitrogen and oxygen atoms in total. The summed E-state index contributed by atoms with van der Waals surface area (Å²) in [6, 6.07) is 10.7. The van der Waals surface area contributed by atoms with E-state index in [9.17, 15) is 9.90 Å². The van der Waals surface area contributed by atoms with Gasteiger partial charge in [0.15, 0.2) is 17.2 Å². The monoisotopic (exact) mass is 396 g/mol. The number of hydrogen-bond donors (Lipinski definition) is 2. The number of nitrogens with zero attached hydrogens (tertiary/aromatic N) is 1. The van der Waals surface area contributed by atoms with Crippen LogP contribution >= 0.6 is 0 Å². The fraction of sp³-hybridized carbons (Fsp3) is 0.435. The Morgan fingerprint density at radius 1 is 1.28 bits per heavy atom. The molecular weight excluding hydrogens is 368 g/mol. The number of nitrogens with one attached hydrogen (secondary N) is 1. The molecule has 154 valence electrons. The highest BCUT2D eigenvalue weighted by atomic mass is 16.5. The summed E-state index contributed by atoms with van der Waals surface area (Å²) in [5.41, 5.74) is 1.51. The summed E-state index contributed by atoms with van der Waals surface area (Å²) in [4.78, 5) is 14.7. The van der Waals surface area contributed by atoms with E-state index in [1.165, 1.54) is 0 Å². The van der Waals surface area contributed by atoms with Crippen LogP contribution in [-0.4, -0.2) is 23.5 Å². The lowest BCUT2D eigenvalue weighted by Crippen LogP contribution is -2.65. The Bertz CT molecular complexity index is 949. The Balaban J connectivity index is 1.74. The van der Waals surface area contributed by atoms with Gasteiger partial charge in [0.1, 0.15) is 5.75 Å². The molecule has 2 aliphatic rings. The number of aromatic hydroxyl groups is 1. The molecule has 2 aromatic rings. The van der Waals surface area contributed by atoms with Crippen molar-refractivity contribution < 1.29 is 19.4 Å². The smallest absolute Gasteiger partial charge is 0.325 e. The fourth-order valence-electron chi connectivity index (χ4n) is 4.13. The first-order chi connectivity index (χ1) is 13.6. The van der Waals surface area contributed by atoms with Crippen molar-refractivity contribution in [2.45, 2.75) is 58.2 Å². The molecule has 0 saturated carbocycles. The first kappa shape index (κ1) is 19.4. The number of phenols is 1. The van der Waals surface area contributed by atoms with Gasteiger partial charge in [-0.2, -0.15) is 0 Å². The van der Waals surface area contributed by atoms with Crippen LogP contribution in [0.3, 0.4) is 0 Å². The number of carbonyl (C=O) groups is 1. The minimum Gasteiger partial charge on any atom is -0.504 e. The van der Waals surface area contributed by atoms with Crippen LogP contribution in [-0.2, 0) is 5.41 Å². The molecule has 29 heavy (non-hydrogen) atoms. The van der Waals surface area contributed by atoms with Gasteiger partial charge >= 0.3 is 6.03 Å². The fourth-order valence-corrected chi connectivity index (χ4v) is 4.13. The van der Waals surface area contributed by atoms with Crippen molar-refractivity contribution in [2.75, 3.05) is 11.5 Å². The normalized spacial score (nSPS) is 23.1. The minimum absolute atomic E-state index is 0.103. The number of hydrogen-bond acceptors (Lipinski definition) is 4. The number of fused-ring (bicyclic) bond motifs is 4. The van der Waals surface area contributed by atoms with Crippen LogP contribution in [0.2, 0.25) is 0 Å². The van der Waals surface area contributed by atoms with Crippen molar-refractivity contribution in [1.29, 1.82) is 0 Å². The molecule has 2 bridgehead atoms. The maximum Gasteiger partial charge on any atom is 0.325 e. The maximum atomic E-state index is 13.0. The number of benzene rings is 2. The van der Waals surface area contributed by atoms with Crippen LogP contribution in [0.1, 0.15) is 58.2 Å². The quantitative estimate of drug-likeness (QED) is 0.777. The van der Waals surface area contributed by atoms with E-state index < -0.39 is 5.72 Å². The molecule has 4 rings (SSSR count). The third-order valence-corrected chi connectivity index (χ3v) is 5.62. The van der Waals surface area contributed by atoms with Crippen molar-refractivity contribution in [3.05, 3.63) is 47.5 Å². The van der Waals surface area contributed by atoms with Gasteiger partial charge < -0.3 is 19.9 Å². The van der Waals surface area contributed by atoms with Gasteiger partial charge in [-0.05, 0) is 61.2 Å². The lowest BCUT2D eigenvalue weighted by Gasteiger charge is -2.50. The summed E-state index contributed by atoms with van der Waals surface area (Å²) in [7, 11) is 0. The number of anilines is 1. The van der Waals surface area contributed by atoms with Crippen LogP contribution in [0.5, 0.6) is 17.2 Å². The van der Waals surface area contributed by atoms with Gasteiger partial charge in [0.25, 0.3) is 0 Å². The Hall–Kier alpha value is -2.89. The van der Waals surface area contributed by atoms with Crippen LogP contribution in [0, 0.1) is 0 Å². The molecular formula is C23H28N2O4. The number of rotatable bonds is 3. The van der Waals surface area contributed by atoms with Gasteiger partial charge in [0.05, 0.1) is 12.6 Å². The van der Waals surface area contributed by atoms with Crippen molar-refractivity contribution in [3.8, 4) is 17.2 Å². The first-order valence-electron chi connectivity index (χ1n) is 10.0. The molecule has 2 atom stereocenters. The molecule has 6 heteroatoms. The predicted octanol–water partition coefficient (Wildman–Crippen LogP) is 4.86. The highest BCUT2D eigenvalue weighted by Crippen LogP contribution is 2.50. The van der Waals surface area contributed by atoms with Crippen molar-refractivity contribution in [3.63, 3.8) is 0 Å². The summed E-state index contributed by atoms with van der Waals surface area (Å²) in [5, 5.41) is 13.8. The van der Waals surface area contributed by atoms with E-state index >= 15 is 0 Å². The molecule has 2 aliphatic heterocycles. The van der Waals surface area contributed by atoms with E-state index in [0.29, 0.717) is 24.5 Å². The third-order valence-electron chi connectivity index (χ3n) is 5.62. The van der Waals surface area contributed by atoms with E-state index in [2.05, 4.69) is 26.1 Å². The highest BCUT2D eigenvalue weighted by Gasteiger charge is 2.50. The molecule has 1 fully saturated rings. The van der Waals surface area contributed by atoms with E-state index in [0.717, 1.165) is 16.9 Å². The van der Waals surface area contributed by atoms with E-state index in [1.54, 1.807) is 11.0 Å². The number of carbonyl (C=O) groups excluding carboxylic acids is 1. The van der Waals surface area contributed by atoms with Crippen molar-refractivity contribution >= 4 is 11.7 Å². The lowest BCUT2D eigenvalue weighted by atomic mass is 9.82. The summed E-state index contributed by atoms with van der Waals surface area (Å²) in [6.07, 6.45) is 0.575. The molecule has 0 aliphatic carbocycles. The van der Waals surface area contributed by atoms with Crippen LogP contribution < -0.4 is 19.7 Å². The second-order valence-electron chi connectivity index (χ2n) is 8.91. The number of ether oxygens (including phenoxy) is 2. The Morgan fingerprint density at radius 3 is 2.59 bits per heavy atom. The molecule has 2 heterocycles. The molecule has 2 amide bonds. The summed E-state index contributed by atoms with van der Waals surface area (Å²) < 4.78 is 11.8. The molecule has 2 unspecified atom stereocenters. The largest absolute Gasteiger partial charge is 0.504 e. The van der Waals surface area contributed by atoms with E-state index in [4.69, 9.17) is 9.47 Å². The average Bonchev–Trinajstić information content (AvgIpc) is 2.63. The second-order valence-corrected chi connectivity index (χ2v) is 8.91. The van der Waals surface area contributed by atoms with Gasteiger partial charge in [-0.25, -0.2) is 4.79 Å². The van der Waals surface area contributed by atoms with Gasteiger partial charge in [-0.3, -0.25) is 4.90 Å². The third kappa shape index (κ3) is 3.26. The van der Waals surface area contributed by atoms with Crippen LogP contribution in [0.15, 0.2) is 36.4 Å². The number of amides is 2. The van der Waals surface area contributed by atoms with E-state index in [1.807, 2.05) is 44.2 Å². The van der Waals surface area contributed by atoms with Gasteiger partial charge in [-0.1, -0.05) is 20.8 Å². The molecule has 0 spiro atoms. The second kappa shape index (κ2) is 6.58. The molecule has 2 N–H and O–H groups in total. The Labute approximate surface area is 171 Å². The molecule has 2 aromatic carbocycles. The summed E-state index contributed by atoms with van der Waals surface area (Å²) in [5.74, 6) is 1.29. The van der Waals surface area contributed by atoms with Crippen LogP contribution in [0.4, 0.5) is 10.5 Å². The van der Waals surface area contributed by atoms with Crippen LogP contribution in [0.25, 0.3) is 0 Å². The number of urea groups is 1. The SMILES string of the molecule is CCOc1ccc(N2C(=O)NC3CC2(C)Oc2c(O)cc(C(C)(C)C)cc23)cc1. The summed E-state index contributed by atoms with van der Waals surface area (Å²) >= 11 is 0. The van der Waals surface area contributed by atoms with Crippen molar-refractivity contribution in [1.82, 2.24) is 5.32 Å². The zero-order valence-corrected chi connectivity index (χ0v) is 17.6. The molecule has 1 saturated heterocycles. The van der Waals surface area contributed by atoms with Gasteiger partial charge in [-0.15, -0.1) is 0 Å². The van der Waals surface area contributed by atoms with Gasteiger partial charge in [0.2, 0.25) is 0 Å². The zero-order chi connectivity index (χ0) is 21.0. The Kier molecular flexibility index (Phi) is 4.41. The minimum atomic E-state index is -0.909. The average molecular weight is 396 g/mol. The van der Waals surface area contributed by atoms with Crippen molar-refractivity contribution in [2.24, 2.45) is 0 Å². The lowest BCUT2D eigenvalue weighted by molar-refractivity contribution is 0.0348.